The first-order valence-electron chi connectivity index (χ1n) is 5.39. The zero-order chi connectivity index (χ0) is 13.5. The number of anilines is 1. The molecule has 0 aliphatic carbocycles. The first kappa shape index (κ1) is 14.4. The van der Waals surface area contributed by atoms with Crippen molar-refractivity contribution in [1.82, 2.24) is 0 Å². The Kier molecular flexibility index (Phi) is 5.57. The van der Waals surface area contributed by atoms with Crippen molar-refractivity contribution >= 4 is 27.7 Å². The van der Waals surface area contributed by atoms with Crippen LogP contribution in [0.25, 0.3) is 0 Å². The van der Waals surface area contributed by atoms with Crippen LogP contribution in [-0.4, -0.2) is 29.2 Å². The van der Waals surface area contributed by atoms with E-state index in [1.807, 2.05) is 0 Å². The molecule has 1 aromatic rings. The normalized spacial score (nSPS) is 10.1. The van der Waals surface area contributed by atoms with Gasteiger partial charge < -0.3 is 5.11 Å². The summed E-state index contributed by atoms with van der Waals surface area (Å²) in [6.45, 7) is 0.106. The fraction of sp³-hybridized carbons (Fsp3) is 0.364. The van der Waals surface area contributed by atoms with Gasteiger partial charge >= 0.3 is 6.09 Å². The van der Waals surface area contributed by atoms with Gasteiger partial charge in [-0.15, -0.1) is 0 Å². The number of unbranched alkanes of at least 4 members (excludes halogenated alkanes) is 1. The molecule has 98 valence electrons. The molecule has 0 radical (unpaired) electrons. The number of carboxylic acid groups (broad SMARTS) is 1. The van der Waals surface area contributed by atoms with E-state index in [0.29, 0.717) is 23.0 Å². The molecule has 1 amide bonds. The summed E-state index contributed by atoms with van der Waals surface area (Å²) in [7, 11) is 0. The highest BCUT2D eigenvalue weighted by atomic mass is 79.9. The van der Waals surface area contributed by atoms with Crippen molar-refractivity contribution in [3.8, 4) is 0 Å². The first-order chi connectivity index (χ1) is 8.52. The lowest BCUT2D eigenvalue weighted by Gasteiger charge is -2.20. The second kappa shape index (κ2) is 6.95. The largest absolute Gasteiger partial charge is 0.465 e. The Bertz CT molecular complexity index is 439. The molecule has 0 saturated heterocycles. The van der Waals surface area contributed by atoms with E-state index < -0.39 is 11.0 Å². The zero-order valence-corrected chi connectivity index (χ0v) is 11.2. The van der Waals surface area contributed by atoms with Crippen molar-refractivity contribution in [3.63, 3.8) is 0 Å². The fourth-order valence-electron chi connectivity index (χ4n) is 1.50. The van der Waals surface area contributed by atoms with E-state index in [1.54, 1.807) is 24.3 Å². The van der Waals surface area contributed by atoms with Gasteiger partial charge in [0.05, 0.1) is 5.69 Å². The van der Waals surface area contributed by atoms with E-state index >= 15 is 0 Å². The molecular weight excluding hydrogens is 304 g/mol. The lowest BCUT2D eigenvalue weighted by Crippen LogP contribution is -2.30. The van der Waals surface area contributed by atoms with Gasteiger partial charge in [-0.25, -0.2) is 4.79 Å². The maximum absolute atomic E-state index is 11.2. The third kappa shape index (κ3) is 4.33. The molecule has 0 fully saturated rings. The molecule has 0 bridgehead atoms. The number of amides is 1. The van der Waals surface area contributed by atoms with Crippen LogP contribution in [0.2, 0.25) is 0 Å². The molecule has 0 unspecified atom stereocenters. The highest BCUT2D eigenvalue weighted by Gasteiger charge is 2.16. The van der Waals surface area contributed by atoms with Crippen molar-refractivity contribution < 1.29 is 14.8 Å². The Morgan fingerprint density at radius 1 is 1.39 bits per heavy atom. The number of carbonyl (C=O) groups is 1. The van der Waals surface area contributed by atoms with Crippen LogP contribution in [0.5, 0.6) is 0 Å². The molecule has 18 heavy (non-hydrogen) atoms. The smallest absolute Gasteiger partial charge is 0.411 e. The summed E-state index contributed by atoms with van der Waals surface area (Å²) in [4.78, 5) is 22.1. The summed E-state index contributed by atoms with van der Waals surface area (Å²) in [5, 5.41) is 19.3. The summed E-state index contributed by atoms with van der Waals surface area (Å²) < 4.78 is 0.682. The Balaban J connectivity index is 2.64. The maximum atomic E-state index is 11.2. The van der Waals surface area contributed by atoms with E-state index in [0.717, 1.165) is 0 Å². The van der Waals surface area contributed by atoms with Crippen LogP contribution in [0.1, 0.15) is 12.8 Å². The number of para-hydroxylation sites is 1. The standard InChI is InChI=1S/C11H13BrN2O4/c12-9-5-1-2-6-10(9)13(11(15)16)7-3-4-8-14(17)18/h1-2,5-6H,3-4,7-8H2,(H,15,16). The van der Waals surface area contributed by atoms with Crippen LogP contribution in [0.4, 0.5) is 10.5 Å². The molecular formula is C11H13BrN2O4. The number of halogens is 1. The number of rotatable bonds is 6. The fourth-order valence-corrected chi connectivity index (χ4v) is 2.00. The second-order valence-corrected chi connectivity index (χ2v) is 4.50. The Morgan fingerprint density at radius 2 is 2.06 bits per heavy atom. The number of nitrogens with zero attached hydrogens (tertiary/aromatic N) is 2. The molecule has 6 nitrogen and oxygen atoms in total. The van der Waals surface area contributed by atoms with Crippen LogP contribution < -0.4 is 4.90 Å². The van der Waals surface area contributed by atoms with Crippen molar-refractivity contribution in [1.29, 1.82) is 0 Å². The van der Waals surface area contributed by atoms with Gasteiger partial charge in [-0.2, -0.15) is 0 Å². The number of hydrogen-bond donors (Lipinski definition) is 1. The van der Waals surface area contributed by atoms with Crippen molar-refractivity contribution in [3.05, 3.63) is 38.9 Å². The van der Waals surface area contributed by atoms with Gasteiger partial charge in [-0.3, -0.25) is 15.0 Å². The zero-order valence-electron chi connectivity index (χ0n) is 9.58. The Labute approximate surface area is 112 Å². The van der Waals surface area contributed by atoms with Gasteiger partial charge in [0, 0.05) is 22.4 Å². The minimum absolute atomic E-state index is 0.135. The van der Waals surface area contributed by atoms with Crippen molar-refractivity contribution in [2.24, 2.45) is 0 Å². The lowest BCUT2D eigenvalue weighted by molar-refractivity contribution is -0.480. The van der Waals surface area contributed by atoms with Crippen LogP contribution in [0, 0.1) is 10.1 Å². The van der Waals surface area contributed by atoms with Gasteiger partial charge in [-0.1, -0.05) is 12.1 Å². The second-order valence-electron chi connectivity index (χ2n) is 3.65. The molecule has 1 N–H and O–H groups in total. The van der Waals surface area contributed by atoms with E-state index in [1.165, 1.54) is 4.90 Å². The highest BCUT2D eigenvalue weighted by molar-refractivity contribution is 9.10. The summed E-state index contributed by atoms with van der Waals surface area (Å²) >= 11 is 3.28. The van der Waals surface area contributed by atoms with Crippen LogP contribution in [0.15, 0.2) is 28.7 Å². The average molecular weight is 317 g/mol. The molecule has 0 aromatic heterocycles. The topological polar surface area (TPSA) is 83.7 Å². The SMILES string of the molecule is O=C(O)N(CCCC[N+](=O)[O-])c1ccccc1Br. The van der Waals surface area contributed by atoms with Gasteiger partial charge in [0.2, 0.25) is 6.54 Å². The van der Waals surface area contributed by atoms with Crippen LogP contribution in [-0.2, 0) is 0 Å². The molecule has 0 aliphatic rings. The van der Waals surface area contributed by atoms with Gasteiger partial charge in [-0.05, 0) is 34.5 Å². The molecule has 0 atom stereocenters. The van der Waals surface area contributed by atoms with Crippen LogP contribution >= 0.6 is 15.9 Å². The van der Waals surface area contributed by atoms with Gasteiger partial charge in [0.1, 0.15) is 0 Å². The molecule has 7 heteroatoms. The predicted molar refractivity (Wildman–Crippen MR) is 70.6 cm³/mol. The highest BCUT2D eigenvalue weighted by Crippen LogP contribution is 2.26. The monoisotopic (exact) mass is 316 g/mol. The van der Waals surface area contributed by atoms with E-state index in [9.17, 15) is 14.9 Å². The molecule has 0 spiro atoms. The first-order valence-corrected chi connectivity index (χ1v) is 6.18. The van der Waals surface area contributed by atoms with E-state index in [2.05, 4.69) is 15.9 Å². The van der Waals surface area contributed by atoms with E-state index in [-0.39, 0.29) is 13.1 Å². The number of nitro groups is 1. The minimum atomic E-state index is -1.07. The maximum Gasteiger partial charge on any atom is 0.411 e. The lowest BCUT2D eigenvalue weighted by atomic mass is 10.2. The summed E-state index contributed by atoms with van der Waals surface area (Å²) in [5.41, 5.74) is 0.547. The molecule has 1 rings (SSSR count). The summed E-state index contributed by atoms with van der Waals surface area (Å²) in [5.74, 6) is 0. The third-order valence-corrected chi connectivity index (χ3v) is 3.02. The molecule has 0 saturated carbocycles. The predicted octanol–water partition coefficient (Wildman–Crippen LogP) is 2.99. The molecule has 0 aliphatic heterocycles. The van der Waals surface area contributed by atoms with Crippen molar-refractivity contribution in [2.45, 2.75) is 12.8 Å². The van der Waals surface area contributed by atoms with Gasteiger partial charge in [0.25, 0.3) is 0 Å². The quantitative estimate of drug-likeness (QED) is 0.496. The summed E-state index contributed by atoms with van der Waals surface area (Å²) in [6.07, 6.45) is -0.251. The van der Waals surface area contributed by atoms with E-state index in [4.69, 9.17) is 5.11 Å². The Hall–Kier alpha value is -1.63. The third-order valence-electron chi connectivity index (χ3n) is 2.35. The minimum Gasteiger partial charge on any atom is -0.465 e. The van der Waals surface area contributed by atoms with Gasteiger partial charge in [0.15, 0.2) is 0 Å². The number of hydrogen-bond acceptors (Lipinski definition) is 3. The number of benzene rings is 1. The average Bonchev–Trinajstić information content (AvgIpc) is 2.30. The summed E-state index contributed by atoms with van der Waals surface area (Å²) in [6, 6.07) is 6.97. The molecule has 1 aromatic carbocycles. The van der Waals surface area contributed by atoms with Crippen molar-refractivity contribution in [2.75, 3.05) is 18.0 Å². The molecule has 0 heterocycles. The Morgan fingerprint density at radius 3 is 2.61 bits per heavy atom. The van der Waals surface area contributed by atoms with Crippen LogP contribution in [0.3, 0.4) is 0 Å².